The number of piperazine rings is 1. The molecule has 0 atom stereocenters. The van der Waals surface area contributed by atoms with Crippen LogP contribution in [0.3, 0.4) is 0 Å². The highest BCUT2D eigenvalue weighted by Crippen LogP contribution is 2.41. The number of benzene rings is 1. The van der Waals surface area contributed by atoms with E-state index in [2.05, 4.69) is 11.9 Å². The molecule has 3 rings (SSSR count). The van der Waals surface area contributed by atoms with Gasteiger partial charge in [-0.25, -0.2) is 0 Å². The molecule has 5 nitrogen and oxygen atoms in total. The summed E-state index contributed by atoms with van der Waals surface area (Å²) in [5, 5.41) is 0. The Balaban J connectivity index is 1.78. The predicted molar refractivity (Wildman–Crippen MR) is 85.9 cm³/mol. The van der Waals surface area contributed by atoms with E-state index >= 15 is 0 Å². The van der Waals surface area contributed by atoms with E-state index in [1.165, 1.54) is 0 Å². The fraction of sp³-hybridized carbons (Fsp3) is 0.529. The van der Waals surface area contributed by atoms with Gasteiger partial charge in [0.1, 0.15) is 6.54 Å². The first kappa shape index (κ1) is 15.0. The van der Waals surface area contributed by atoms with E-state index in [9.17, 15) is 9.59 Å². The second-order valence-electron chi connectivity index (χ2n) is 6.72. The van der Waals surface area contributed by atoms with Crippen molar-refractivity contribution in [3.05, 3.63) is 29.8 Å². The average molecular weight is 301 g/mol. The van der Waals surface area contributed by atoms with Gasteiger partial charge in [0, 0.05) is 31.9 Å². The first-order valence-electron chi connectivity index (χ1n) is 7.79. The second kappa shape index (κ2) is 5.39. The molecule has 0 radical (unpaired) electrons. The highest BCUT2D eigenvalue weighted by molar-refractivity contribution is 6.10. The summed E-state index contributed by atoms with van der Waals surface area (Å²) >= 11 is 0. The van der Waals surface area contributed by atoms with Crippen molar-refractivity contribution < 1.29 is 9.59 Å². The maximum absolute atomic E-state index is 12.7. The SMILES string of the molecule is CN1CCN(C(=O)CN2C(=O)C(C)(C)c3ccccc32)CC1. The molecule has 0 unspecified atom stereocenters. The van der Waals surface area contributed by atoms with Crippen LogP contribution in [-0.4, -0.2) is 61.4 Å². The van der Waals surface area contributed by atoms with Crippen LogP contribution in [0.4, 0.5) is 5.69 Å². The highest BCUT2D eigenvalue weighted by Gasteiger charge is 2.44. The molecule has 0 aliphatic carbocycles. The predicted octanol–water partition coefficient (Wildman–Crippen LogP) is 1.08. The minimum absolute atomic E-state index is 0.0103. The molecule has 2 heterocycles. The molecular weight excluding hydrogens is 278 g/mol. The standard InChI is InChI=1S/C17H23N3O2/c1-17(2)13-6-4-5-7-14(13)20(16(17)22)12-15(21)19-10-8-18(3)9-11-19/h4-7H,8-12H2,1-3H3. The van der Waals surface area contributed by atoms with Crippen molar-refractivity contribution in [3.63, 3.8) is 0 Å². The maximum Gasteiger partial charge on any atom is 0.242 e. The quantitative estimate of drug-likeness (QED) is 0.821. The average Bonchev–Trinajstić information content (AvgIpc) is 2.69. The molecule has 22 heavy (non-hydrogen) atoms. The zero-order chi connectivity index (χ0) is 15.9. The smallest absolute Gasteiger partial charge is 0.242 e. The van der Waals surface area contributed by atoms with Gasteiger partial charge >= 0.3 is 0 Å². The lowest BCUT2D eigenvalue weighted by Gasteiger charge is -2.33. The molecule has 0 bridgehead atoms. The van der Waals surface area contributed by atoms with Crippen molar-refractivity contribution in [1.82, 2.24) is 9.80 Å². The minimum Gasteiger partial charge on any atom is -0.339 e. The summed E-state index contributed by atoms with van der Waals surface area (Å²) in [6.07, 6.45) is 0. The van der Waals surface area contributed by atoms with Gasteiger partial charge in [0.2, 0.25) is 11.8 Å². The van der Waals surface area contributed by atoms with Crippen LogP contribution in [-0.2, 0) is 15.0 Å². The van der Waals surface area contributed by atoms with Gasteiger partial charge in [-0.15, -0.1) is 0 Å². The minimum atomic E-state index is -0.557. The number of anilines is 1. The summed E-state index contributed by atoms with van der Waals surface area (Å²) in [6, 6.07) is 7.77. The van der Waals surface area contributed by atoms with E-state index in [1.807, 2.05) is 43.0 Å². The van der Waals surface area contributed by atoms with Gasteiger partial charge in [-0.3, -0.25) is 9.59 Å². The van der Waals surface area contributed by atoms with Gasteiger partial charge in [0.25, 0.3) is 0 Å². The van der Waals surface area contributed by atoms with Crippen LogP contribution in [0.5, 0.6) is 0 Å². The lowest BCUT2D eigenvalue weighted by atomic mass is 9.86. The van der Waals surface area contributed by atoms with E-state index < -0.39 is 5.41 Å². The lowest BCUT2D eigenvalue weighted by molar-refractivity contribution is -0.133. The van der Waals surface area contributed by atoms with Crippen molar-refractivity contribution in [1.29, 1.82) is 0 Å². The van der Waals surface area contributed by atoms with Crippen molar-refractivity contribution in [2.24, 2.45) is 0 Å². The molecule has 2 amide bonds. The number of carbonyl (C=O) groups is 2. The topological polar surface area (TPSA) is 43.9 Å². The van der Waals surface area contributed by atoms with Crippen LogP contribution in [0.1, 0.15) is 19.4 Å². The van der Waals surface area contributed by atoms with Gasteiger partial charge in [-0.2, -0.15) is 0 Å². The molecule has 1 saturated heterocycles. The number of carbonyl (C=O) groups excluding carboxylic acids is 2. The maximum atomic E-state index is 12.7. The number of hydrogen-bond acceptors (Lipinski definition) is 3. The third kappa shape index (κ3) is 2.39. The van der Waals surface area contributed by atoms with Crippen molar-refractivity contribution in [2.75, 3.05) is 44.7 Å². The van der Waals surface area contributed by atoms with Crippen LogP contribution in [0, 0.1) is 0 Å². The summed E-state index contributed by atoms with van der Waals surface area (Å²) in [4.78, 5) is 31.0. The molecule has 0 saturated carbocycles. The third-order valence-corrected chi connectivity index (χ3v) is 4.80. The number of likely N-dealkylation sites (N-methyl/N-ethyl adjacent to an activating group) is 1. The van der Waals surface area contributed by atoms with Gasteiger partial charge < -0.3 is 14.7 Å². The highest BCUT2D eigenvalue weighted by atomic mass is 16.2. The number of fused-ring (bicyclic) bond motifs is 1. The van der Waals surface area contributed by atoms with Gasteiger partial charge in [-0.05, 0) is 32.5 Å². The molecule has 1 aromatic rings. The van der Waals surface area contributed by atoms with Crippen molar-refractivity contribution in [2.45, 2.75) is 19.3 Å². The van der Waals surface area contributed by atoms with Gasteiger partial charge in [0.05, 0.1) is 5.41 Å². The second-order valence-corrected chi connectivity index (χ2v) is 6.72. The van der Waals surface area contributed by atoms with Crippen LogP contribution < -0.4 is 4.90 Å². The summed E-state index contributed by atoms with van der Waals surface area (Å²) in [5.41, 5.74) is 1.32. The van der Waals surface area contributed by atoms with Crippen molar-refractivity contribution >= 4 is 17.5 Å². The van der Waals surface area contributed by atoms with Crippen LogP contribution in [0.15, 0.2) is 24.3 Å². The third-order valence-electron chi connectivity index (χ3n) is 4.80. The monoisotopic (exact) mass is 301 g/mol. The molecule has 5 heteroatoms. The lowest BCUT2D eigenvalue weighted by Crippen LogP contribution is -2.51. The molecule has 1 fully saturated rings. The fourth-order valence-electron chi connectivity index (χ4n) is 3.25. The first-order chi connectivity index (χ1) is 10.4. The Labute approximate surface area is 131 Å². The first-order valence-corrected chi connectivity index (χ1v) is 7.79. The summed E-state index contributed by atoms with van der Waals surface area (Å²) in [5.74, 6) is 0.0464. The molecule has 0 spiro atoms. The number of amides is 2. The molecule has 2 aliphatic rings. The van der Waals surface area contributed by atoms with E-state index in [1.54, 1.807) is 4.90 Å². The normalized spacial score (nSPS) is 21.1. The van der Waals surface area contributed by atoms with E-state index in [0.29, 0.717) is 0 Å². The molecule has 0 N–H and O–H groups in total. The summed E-state index contributed by atoms with van der Waals surface area (Å²) in [6.45, 7) is 7.25. The molecule has 0 aromatic heterocycles. The van der Waals surface area contributed by atoms with Gasteiger partial charge in [-0.1, -0.05) is 18.2 Å². The molecule has 1 aromatic carbocycles. The molecular formula is C17H23N3O2. The van der Waals surface area contributed by atoms with Gasteiger partial charge in [0.15, 0.2) is 0 Å². The van der Waals surface area contributed by atoms with E-state index in [4.69, 9.17) is 0 Å². The van der Waals surface area contributed by atoms with Crippen molar-refractivity contribution in [3.8, 4) is 0 Å². The fourth-order valence-corrected chi connectivity index (χ4v) is 3.25. The van der Waals surface area contributed by atoms with E-state index in [0.717, 1.165) is 37.4 Å². The Hall–Kier alpha value is -1.88. The van der Waals surface area contributed by atoms with Crippen LogP contribution in [0.2, 0.25) is 0 Å². The number of rotatable bonds is 2. The Morgan fingerprint density at radius 3 is 2.45 bits per heavy atom. The summed E-state index contributed by atoms with van der Waals surface area (Å²) < 4.78 is 0. The number of hydrogen-bond donors (Lipinski definition) is 0. The van der Waals surface area contributed by atoms with E-state index in [-0.39, 0.29) is 18.4 Å². The Bertz CT molecular complexity index is 604. The Kier molecular flexibility index (Phi) is 3.68. The zero-order valence-electron chi connectivity index (χ0n) is 13.5. The number of nitrogens with zero attached hydrogens (tertiary/aromatic N) is 3. The Morgan fingerprint density at radius 1 is 1.14 bits per heavy atom. The summed E-state index contributed by atoms with van der Waals surface area (Å²) in [7, 11) is 2.06. The van der Waals surface area contributed by atoms with Crippen LogP contribution >= 0.6 is 0 Å². The Morgan fingerprint density at radius 2 is 1.77 bits per heavy atom. The zero-order valence-corrected chi connectivity index (χ0v) is 13.5. The largest absolute Gasteiger partial charge is 0.339 e. The number of para-hydroxylation sites is 1. The molecule has 118 valence electrons. The molecule has 2 aliphatic heterocycles. The van der Waals surface area contributed by atoms with Crippen LogP contribution in [0.25, 0.3) is 0 Å².